The van der Waals surface area contributed by atoms with E-state index >= 15 is 0 Å². The fourth-order valence-corrected chi connectivity index (χ4v) is 6.52. The third-order valence-corrected chi connectivity index (χ3v) is 7.18. The van der Waals surface area contributed by atoms with E-state index in [1.807, 2.05) is 0 Å². The Labute approximate surface area is 166 Å². The van der Waals surface area contributed by atoms with Crippen molar-refractivity contribution in [2.75, 3.05) is 23.3 Å². The van der Waals surface area contributed by atoms with Crippen LogP contribution >= 0.6 is 0 Å². The number of rotatable bonds is 7. The number of hydrogen-bond acceptors (Lipinski definition) is 4. The molecule has 4 fully saturated rings. The van der Waals surface area contributed by atoms with E-state index in [2.05, 4.69) is 22.1 Å². The Bertz CT molecular complexity index is 741. The highest BCUT2D eigenvalue weighted by Crippen LogP contribution is 2.61. The average Bonchev–Trinajstić information content (AvgIpc) is 2.61. The Morgan fingerprint density at radius 2 is 1.82 bits per heavy atom. The van der Waals surface area contributed by atoms with E-state index in [0.717, 1.165) is 37.3 Å². The maximum absolute atomic E-state index is 11.8. The number of aromatic nitrogens is 1. The molecule has 0 atom stereocenters. The lowest BCUT2D eigenvalue weighted by Crippen LogP contribution is -2.47. The molecule has 0 saturated heterocycles. The summed E-state index contributed by atoms with van der Waals surface area (Å²) in [5.74, 6) is 2.03. The van der Waals surface area contributed by atoms with Crippen molar-refractivity contribution >= 4 is 23.4 Å². The van der Waals surface area contributed by atoms with E-state index in [0.29, 0.717) is 16.9 Å². The maximum Gasteiger partial charge on any atom is 0.339 e. The molecule has 1 aromatic heterocycles. The fraction of sp³-hybridized carbons (Fsp3) is 0.682. The van der Waals surface area contributed by atoms with Crippen molar-refractivity contribution in [2.24, 2.45) is 23.2 Å². The van der Waals surface area contributed by atoms with Gasteiger partial charge in [0.15, 0.2) is 0 Å². The van der Waals surface area contributed by atoms with Gasteiger partial charge < -0.3 is 15.3 Å². The molecule has 6 heteroatoms. The van der Waals surface area contributed by atoms with Gasteiger partial charge in [-0.1, -0.05) is 0 Å². The van der Waals surface area contributed by atoms with E-state index in [4.69, 9.17) is 0 Å². The van der Waals surface area contributed by atoms with Crippen molar-refractivity contribution in [2.45, 2.75) is 58.8 Å². The van der Waals surface area contributed by atoms with Gasteiger partial charge in [0, 0.05) is 20.0 Å². The molecule has 4 aliphatic carbocycles. The van der Waals surface area contributed by atoms with E-state index in [9.17, 15) is 14.7 Å². The summed E-state index contributed by atoms with van der Waals surface area (Å²) in [5.41, 5.74) is 1.03. The van der Waals surface area contributed by atoms with E-state index in [1.165, 1.54) is 51.5 Å². The van der Waals surface area contributed by atoms with Crippen molar-refractivity contribution < 1.29 is 14.7 Å². The molecule has 0 aromatic carbocycles. The molecule has 4 saturated carbocycles. The number of carbonyl (C=O) groups is 2. The van der Waals surface area contributed by atoms with Gasteiger partial charge >= 0.3 is 5.97 Å². The number of pyridine rings is 1. The van der Waals surface area contributed by atoms with Gasteiger partial charge in [0.05, 0.1) is 11.9 Å². The summed E-state index contributed by atoms with van der Waals surface area (Å²) >= 11 is 0. The van der Waals surface area contributed by atoms with E-state index < -0.39 is 5.97 Å². The van der Waals surface area contributed by atoms with Gasteiger partial charge in [-0.05, 0) is 81.1 Å². The summed E-state index contributed by atoms with van der Waals surface area (Å²) in [6.45, 7) is 5.02. The lowest BCUT2D eigenvalue weighted by atomic mass is 9.49. The predicted octanol–water partition coefficient (Wildman–Crippen LogP) is 4.17. The minimum atomic E-state index is -1.01. The van der Waals surface area contributed by atoms with Gasteiger partial charge in [0.2, 0.25) is 5.91 Å². The zero-order valence-corrected chi connectivity index (χ0v) is 16.9. The summed E-state index contributed by atoms with van der Waals surface area (Å²) in [6.07, 6.45) is 11.1. The lowest BCUT2D eigenvalue weighted by molar-refractivity contribution is -0.114. The Balaban J connectivity index is 1.51. The molecule has 4 bridgehead atoms. The highest BCUT2D eigenvalue weighted by atomic mass is 16.4. The van der Waals surface area contributed by atoms with Crippen LogP contribution in [0, 0.1) is 23.2 Å². The van der Waals surface area contributed by atoms with Crippen LogP contribution in [0.15, 0.2) is 12.3 Å². The molecule has 0 unspecified atom stereocenters. The molecular weight excluding hydrogens is 354 g/mol. The highest BCUT2D eigenvalue weighted by molar-refractivity contribution is 5.96. The molecule has 1 aromatic rings. The van der Waals surface area contributed by atoms with Crippen LogP contribution in [0.3, 0.4) is 0 Å². The Morgan fingerprint density at radius 1 is 1.21 bits per heavy atom. The number of nitrogens with one attached hydrogen (secondary N) is 1. The molecule has 6 nitrogen and oxygen atoms in total. The largest absolute Gasteiger partial charge is 0.478 e. The molecule has 1 amide bonds. The lowest BCUT2D eigenvalue weighted by Gasteiger charge is -2.57. The topological polar surface area (TPSA) is 82.5 Å². The molecule has 4 aliphatic rings. The second-order valence-corrected chi connectivity index (χ2v) is 9.33. The van der Waals surface area contributed by atoms with Crippen molar-refractivity contribution in [3.8, 4) is 0 Å². The number of anilines is 2. The van der Waals surface area contributed by atoms with Gasteiger partial charge in [-0.2, -0.15) is 0 Å². The van der Waals surface area contributed by atoms with Crippen LogP contribution in [0.1, 0.15) is 69.2 Å². The van der Waals surface area contributed by atoms with Crippen molar-refractivity contribution in [3.63, 3.8) is 0 Å². The molecule has 28 heavy (non-hydrogen) atoms. The standard InChI is InChI=1S/C22H31N3O3/c1-3-25(20-19(21(27)28)9-18(13-23-20)24-14(2)26)5-4-22-10-15-6-16(11-22)8-17(7-15)12-22/h9,13,15-17H,3-8,10-12H2,1-2H3,(H,24,26)(H,27,28). The molecule has 0 aliphatic heterocycles. The SMILES string of the molecule is CCN(CCC12CC3CC(CC(C3)C1)C2)c1ncc(NC(C)=O)cc1C(=O)O. The van der Waals surface area contributed by atoms with Gasteiger partial charge in [-0.15, -0.1) is 0 Å². The summed E-state index contributed by atoms with van der Waals surface area (Å²) in [6, 6.07) is 1.51. The van der Waals surface area contributed by atoms with Crippen molar-refractivity contribution in [1.29, 1.82) is 0 Å². The third kappa shape index (κ3) is 3.74. The predicted molar refractivity (Wildman–Crippen MR) is 109 cm³/mol. The molecule has 0 spiro atoms. The first kappa shape index (κ1) is 19.2. The van der Waals surface area contributed by atoms with Crippen LogP contribution < -0.4 is 10.2 Å². The monoisotopic (exact) mass is 385 g/mol. The second kappa shape index (κ2) is 7.37. The number of carboxylic acids is 1. The van der Waals surface area contributed by atoms with Gasteiger partial charge in [0.25, 0.3) is 0 Å². The summed E-state index contributed by atoms with van der Waals surface area (Å²) in [4.78, 5) is 29.6. The molecule has 1 heterocycles. The molecule has 152 valence electrons. The summed E-state index contributed by atoms with van der Waals surface area (Å²) in [5, 5.41) is 12.3. The second-order valence-electron chi connectivity index (χ2n) is 9.33. The average molecular weight is 386 g/mol. The quantitative estimate of drug-likeness (QED) is 0.736. The fourth-order valence-electron chi connectivity index (χ4n) is 6.52. The number of carboxylic acid groups (broad SMARTS) is 1. The van der Waals surface area contributed by atoms with Crippen LogP contribution in [0.4, 0.5) is 11.5 Å². The van der Waals surface area contributed by atoms with Gasteiger partial charge in [-0.25, -0.2) is 9.78 Å². The summed E-state index contributed by atoms with van der Waals surface area (Å²) in [7, 11) is 0. The normalized spacial score (nSPS) is 30.3. The molecule has 5 rings (SSSR count). The number of aromatic carboxylic acids is 1. The Morgan fingerprint density at radius 3 is 2.32 bits per heavy atom. The molecular formula is C22H31N3O3. The van der Waals surface area contributed by atoms with Crippen LogP contribution in [0.25, 0.3) is 0 Å². The first-order valence-corrected chi connectivity index (χ1v) is 10.6. The third-order valence-electron chi connectivity index (χ3n) is 7.18. The summed E-state index contributed by atoms with van der Waals surface area (Å²) < 4.78 is 0. The zero-order chi connectivity index (χ0) is 19.9. The smallest absolute Gasteiger partial charge is 0.339 e. The molecule has 0 radical (unpaired) electrons. The van der Waals surface area contributed by atoms with Crippen molar-refractivity contribution in [3.05, 3.63) is 17.8 Å². The number of hydrogen-bond donors (Lipinski definition) is 2. The first-order chi connectivity index (χ1) is 13.4. The van der Waals surface area contributed by atoms with Crippen molar-refractivity contribution in [1.82, 2.24) is 4.98 Å². The van der Waals surface area contributed by atoms with Crippen LogP contribution in [-0.4, -0.2) is 35.1 Å². The highest BCUT2D eigenvalue weighted by Gasteiger charge is 2.50. The van der Waals surface area contributed by atoms with Crippen LogP contribution in [0.5, 0.6) is 0 Å². The maximum atomic E-state index is 11.8. The van der Waals surface area contributed by atoms with Crippen LogP contribution in [0.2, 0.25) is 0 Å². The number of amides is 1. The van der Waals surface area contributed by atoms with E-state index in [1.54, 1.807) is 6.20 Å². The minimum absolute atomic E-state index is 0.151. The molecule has 2 N–H and O–H groups in total. The number of nitrogens with zero attached hydrogens (tertiary/aromatic N) is 2. The van der Waals surface area contributed by atoms with Crippen LogP contribution in [-0.2, 0) is 4.79 Å². The Kier molecular flexibility index (Phi) is 5.06. The number of carbonyl (C=O) groups excluding carboxylic acids is 1. The Hall–Kier alpha value is -2.11. The zero-order valence-electron chi connectivity index (χ0n) is 16.9. The first-order valence-electron chi connectivity index (χ1n) is 10.6. The van der Waals surface area contributed by atoms with E-state index in [-0.39, 0.29) is 11.5 Å². The van der Waals surface area contributed by atoms with Gasteiger partial charge in [-0.3, -0.25) is 4.79 Å². The van der Waals surface area contributed by atoms with Gasteiger partial charge in [0.1, 0.15) is 11.4 Å². The minimum Gasteiger partial charge on any atom is -0.478 e.